The zero-order valence-corrected chi connectivity index (χ0v) is 10.5. The van der Waals surface area contributed by atoms with Crippen LogP contribution in [0.4, 0.5) is 5.82 Å². The molecule has 0 saturated carbocycles. The number of aromatic nitrogens is 1. The van der Waals surface area contributed by atoms with E-state index in [0.29, 0.717) is 16.6 Å². The highest BCUT2D eigenvalue weighted by Crippen LogP contribution is 2.29. The Bertz CT molecular complexity index is 290. The Labute approximate surface area is 94.0 Å². The van der Waals surface area contributed by atoms with Crippen molar-refractivity contribution >= 4 is 21.7 Å². The van der Waals surface area contributed by atoms with E-state index in [9.17, 15) is 0 Å². The van der Waals surface area contributed by atoms with E-state index >= 15 is 0 Å². The first-order valence-corrected chi connectivity index (χ1v) is 5.79. The summed E-state index contributed by atoms with van der Waals surface area (Å²) >= 11 is 3.56. The van der Waals surface area contributed by atoms with Gasteiger partial charge < -0.3 is 5.73 Å². The molecule has 14 heavy (non-hydrogen) atoms. The van der Waals surface area contributed by atoms with E-state index < -0.39 is 0 Å². The van der Waals surface area contributed by atoms with Crippen LogP contribution < -0.4 is 5.73 Å². The van der Waals surface area contributed by atoms with Crippen LogP contribution in [0.2, 0.25) is 0 Å². The molecule has 1 aromatic rings. The predicted molar refractivity (Wildman–Crippen MR) is 64.8 cm³/mol. The van der Waals surface area contributed by atoms with Crippen LogP contribution in [0.25, 0.3) is 0 Å². The van der Waals surface area contributed by atoms with Gasteiger partial charge in [-0.2, -0.15) is 0 Å². The number of aryl methyl sites for hydroxylation is 1. The number of rotatable bonds is 3. The minimum Gasteiger partial charge on any atom is -0.383 e. The average molecular weight is 257 g/mol. The molecule has 0 spiro atoms. The van der Waals surface area contributed by atoms with Crippen LogP contribution in [0, 0.1) is 6.92 Å². The number of nitrogen functional groups attached to an aromatic ring is 1. The highest BCUT2D eigenvalue weighted by molar-refractivity contribution is 9.09. The van der Waals surface area contributed by atoms with E-state index in [1.807, 2.05) is 6.07 Å². The minimum atomic E-state index is 0.457. The highest BCUT2D eigenvalue weighted by atomic mass is 79.9. The summed E-state index contributed by atoms with van der Waals surface area (Å²) in [7, 11) is 0. The molecule has 78 valence electrons. The monoisotopic (exact) mass is 256 g/mol. The lowest BCUT2D eigenvalue weighted by atomic mass is 9.93. The predicted octanol–water partition coefficient (Wildman–Crippen LogP) is 3.25. The lowest BCUT2D eigenvalue weighted by Crippen LogP contribution is -2.07. The topological polar surface area (TPSA) is 38.9 Å². The zero-order valence-electron chi connectivity index (χ0n) is 8.92. The summed E-state index contributed by atoms with van der Waals surface area (Å²) in [5.74, 6) is 1.13. The molecule has 0 bridgehead atoms. The fourth-order valence-electron chi connectivity index (χ4n) is 1.84. The van der Waals surface area contributed by atoms with Gasteiger partial charge in [0.1, 0.15) is 5.82 Å². The number of pyridine rings is 1. The van der Waals surface area contributed by atoms with Crippen LogP contribution in [-0.2, 0) is 0 Å². The van der Waals surface area contributed by atoms with Crippen molar-refractivity contribution in [2.75, 3.05) is 5.73 Å². The molecule has 1 heterocycles. The summed E-state index contributed by atoms with van der Waals surface area (Å²) in [5.41, 5.74) is 8.30. The van der Waals surface area contributed by atoms with Crippen LogP contribution in [0.15, 0.2) is 12.3 Å². The molecule has 1 aromatic heterocycles. The van der Waals surface area contributed by atoms with Crippen molar-refractivity contribution in [1.82, 2.24) is 4.98 Å². The summed E-state index contributed by atoms with van der Waals surface area (Å²) < 4.78 is 0. The van der Waals surface area contributed by atoms with Crippen LogP contribution in [0.5, 0.6) is 0 Å². The fourth-order valence-corrected chi connectivity index (χ4v) is 2.40. The van der Waals surface area contributed by atoms with Gasteiger partial charge in [-0.15, -0.1) is 0 Å². The second-order valence-electron chi connectivity index (χ2n) is 3.84. The van der Waals surface area contributed by atoms with Gasteiger partial charge in [0.2, 0.25) is 0 Å². The molecule has 1 rings (SSSR count). The maximum atomic E-state index is 5.87. The third kappa shape index (κ3) is 2.71. The molecule has 3 heteroatoms. The third-order valence-electron chi connectivity index (χ3n) is 2.41. The normalized spacial score (nSPS) is 15.1. The lowest BCUT2D eigenvalue weighted by Gasteiger charge is -2.17. The Morgan fingerprint density at radius 3 is 2.64 bits per heavy atom. The van der Waals surface area contributed by atoms with Crippen LogP contribution in [-0.4, -0.2) is 9.81 Å². The van der Waals surface area contributed by atoms with Crippen molar-refractivity contribution in [1.29, 1.82) is 0 Å². The number of hydrogen-bond donors (Lipinski definition) is 1. The SMILES string of the molecule is Cc1ccnc(N)c1C(C)CC(C)Br. The van der Waals surface area contributed by atoms with Gasteiger partial charge in [0, 0.05) is 16.6 Å². The smallest absolute Gasteiger partial charge is 0.127 e. The summed E-state index contributed by atoms with van der Waals surface area (Å²) in [5, 5.41) is 0. The standard InChI is InChI=1S/C11H17BrN2/c1-7-4-5-14-11(13)10(7)8(2)6-9(3)12/h4-5,8-9H,6H2,1-3H3,(H2,13,14). The molecule has 0 aliphatic rings. The first-order valence-electron chi connectivity index (χ1n) is 4.87. The zero-order chi connectivity index (χ0) is 10.7. The third-order valence-corrected chi connectivity index (χ3v) is 2.78. The second-order valence-corrected chi connectivity index (χ2v) is 5.41. The van der Waals surface area contributed by atoms with Crippen molar-refractivity contribution in [3.63, 3.8) is 0 Å². The summed E-state index contributed by atoms with van der Waals surface area (Å²) in [6.07, 6.45) is 2.84. The van der Waals surface area contributed by atoms with Crippen molar-refractivity contribution in [3.8, 4) is 0 Å². The Morgan fingerprint density at radius 1 is 1.50 bits per heavy atom. The van der Waals surface area contributed by atoms with Gasteiger partial charge in [-0.3, -0.25) is 0 Å². The Morgan fingerprint density at radius 2 is 2.14 bits per heavy atom. The van der Waals surface area contributed by atoms with Gasteiger partial charge in [0.25, 0.3) is 0 Å². The quantitative estimate of drug-likeness (QED) is 0.844. The summed E-state index contributed by atoms with van der Waals surface area (Å²) in [6.45, 7) is 6.43. The molecule has 2 nitrogen and oxygen atoms in total. The maximum Gasteiger partial charge on any atom is 0.127 e. The molecular formula is C11H17BrN2. The van der Waals surface area contributed by atoms with Crippen LogP contribution >= 0.6 is 15.9 Å². The maximum absolute atomic E-state index is 5.87. The summed E-state index contributed by atoms with van der Waals surface area (Å²) in [6, 6.07) is 2.01. The van der Waals surface area contributed by atoms with Gasteiger partial charge in [0.05, 0.1) is 0 Å². The van der Waals surface area contributed by atoms with Crippen molar-refractivity contribution in [3.05, 3.63) is 23.4 Å². The van der Waals surface area contributed by atoms with Gasteiger partial charge in [-0.05, 0) is 30.9 Å². The molecule has 0 fully saturated rings. The number of halogens is 1. The number of anilines is 1. The molecule has 0 aliphatic heterocycles. The lowest BCUT2D eigenvalue weighted by molar-refractivity contribution is 0.677. The first-order chi connectivity index (χ1) is 6.52. The molecule has 0 saturated heterocycles. The van der Waals surface area contributed by atoms with E-state index in [2.05, 4.69) is 41.7 Å². The molecule has 2 unspecified atom stereocenters. The van der Waals surface area contributed by atoms with Gasteiger partial charge >= 0.3 is 0 Å². The molecule has 2 atom stereocenters. The van der Waals surface area contributed by atoms with Crippen LogP contribution in [0.1, 0.15) is 37.3 Å². The molecular weight excluding hydrogens is 240 g/mol. The van der Waals surface area contributed by atoms with E-state index in [1.165, 1.54) is 11.1 Å². The number of hydrogen-bond acceptors (Lipinski definition) is 2. The minimum absolute atomic E-state index is 0.457. The largest absolute Gasteiger partial charge is 0.383 e. The molecule has 0 aliphatic carbocycles. The molecule has 0 amide bonds. The van der Waals surface area contributed by atoms with Crippen molar-refractivity contribution in [2.45, 2.75) is 37.9 Å². The van der Waals surface area contributed by atoms with Crippen LogP contribution in [0.3, 0.4) is 0 Å². The van der Waals surface area contributed by atoms with Gasteiger partial charge in [-0.25, -0.2) is 4.98 Å². The first kappa shape index (κ1) is 11.5. The Kier molecular flexibility index (Phi) is 3.93. The van der Waals surface area contributed by atoms with Gasteiger partial charge in [-0.1, -0.05) is 29.8 Å². The Hall–Kier alpha value is -0.570. The average Bonchev–Trinajstić information content (AvgIpc) is 2.01. The number of nitrogens with zero attached hydrogens (tertiary/aromatic N) is 1. The van der Waals surface area contributed by atoms with Crippen molar-refractivity contribution in [2.24, 2.45) is 0 Å². The fraction of sp³-hybridized carbons (Fsp3) is 0.545. The van der Waals surface area contributed by atoms with Gasteiger partial charge in [0.15, 0.2) is 0 Å². The summed E-state index contributed by atoms with van der Waals surface area (Å²) in [4.78, 5) is 4.64. The number of alkyl halides is 1. The van der Waals surface area contributed by atoms with E-state index in [-0.39, 0.29) is 0 Å². The number of nitrogens with two attached hydrogens (primary N) is 1. The Balaban J connectivity index is 2.94. The molecule has 0 aromatic carbocycles. The van der Waals surface area contributed by atoms with E-state index in [0.717, 1.165) is 6.42 Å². The van der Waals surface area contributed by atoms with Crippen molar-refractivity contribution < 1.29 is 0 Å². The molecule has 2 N–H and O–H groups in total. The van der Waals surface area contributed by atoms with E-state index in [4.69, 9.17) is 5.73 Å². The highest BCUT2D eigenvalue weighted by Gasteiger charge is 2.14. The van der Waals surface area contributed by atoms with E-state index in [1.54, 1.807) is 6.20 Å². The second kappa shape index (κ2) is 4.78. The molecule has 0 radical (unpaired) electrons.